The second kappa shape index (κ2) is 6.43. The highest BCUT2D eigenvalue weighted by Gasteiger charge is 2.24. The zero-order valence-corrected chi connectivity index (χ0v) is 11.3. The third kappa shape index (κ3) is 3.17. The van der Waals surface area contributed by atoms with Crippen LogP contribution in [0.25, 0.3) is 0 Å². The van der Waals surface area contributed by atoms with Gasteiger partial charge in [-0.3, -0.25) is 4.79 Å². The normalized spacial score (nSPS) is 16.0. The Morgan fingerprint density at radius 1 is 1.53 bits per heavy atom. The van der Waals surface area contributed by atoms with Gasteiger partial charge in [0.15, 0.2) is 0 Å². The maximum Gasteiger partial charge on any atom is 0.221 e. The molecule has 1 unspecified atom stereocenters. The minimum Gasteiger partial charge on any atom is -0.491 e. The largest absolute Gasteiger partial charge is 0.491 e. The van der Waals surface area contributed by atoms with Crippen LogP contribution in [0.15, 0.2) is 24.3 Å². The van der Waals surface area contributed by atoms with E-state index in [0.29, 0.717) is 19.6 Å². The summed E-state index contributed by atoms with van der Waals surface area (Å²) in [5.41, 5.74) is 6.88. The molecular formula is C14H21N3O2. The first-order valence-corrected chi connectivity index (χ1v) is 6.65. The van der Waals surface area contributed by atoms with Gasteiger partial charge in [0, 0.05) is 26.6 Å². The van der Waals surface area contributed by atoms with Crippen molar-refractivity contribution in [3.8, 4) is 5.75 Å². The molecular weight excluding hydrogens is 242 g/mol. The van der Waals surface area contributed by atoms with Crippen molar-refractivity contribution in [2.24, 2.45) is 5.73 Å². The van der Waals surface area contributed by atoms with Crippen molar-refractivity contribution < 1.29 is 9.53 Å². The van der Waals surface area contributed by atoms with Crippen LogP contribution in [0.5, 0.6) is 5.75 Å². The number of nitrogens with one attached hydrogen (secondary N) is 1. The molecule has 2 rings (SSSR count). The van der Waals surface area contributed by atoms with E-state index in [9.17, 15) is 4.79 Å². The van der Waals surface area contributed by atoms with Crippen molar-refractivity contribution >= 4 is 11.6 Å². The number of hydrogen-bond donors (Lipinski definition) is 2. The Balaban J connectivity index is 2.24. The van der Waals surface area contributed by atoms with E-state index in [1.165, 1.54) is 0 Å². The van der Waals surface area contributed by atoms with Crippen molar-refractivity contribution in [2.45, 2.75) is 18.9 Å². The summed E-state index contributed by atoms with van der Waals surface area (Å²) in [5, 5.41) is 2.66. The third-order valence-electron chi connectivity index (χ3n) is 3.39. The molecule has 5 heteroatoms. The fourth-order valence-electron chi connectivity index (χ4n) is 2.37. The van der Waals surface area contributed by atoms with Crippen molar-refractivity contribution in [2.75, 3.05) is 31.6 Å². The molecule has 0 fully saturated rings. The van der Waals surface area contributed by atoms with Gasteiger partial charge in [0.05, 0.1) is 18.3 Å². The summed E-state index contributed by atoms with van der Waals surface area (Å²) in [5.74, 6) is 0.883. The van der Waals surface area contributed by atoms with Crippen LogP contribution in [0.2, 0.25) is 0 Å². The van der Waals surface area contributed by atoms with E-state index in [-0.39, 0.29) is 11.9 Å². The smallest absolute Gasteiger partial charge is 0.221 e. The quantitative estimate of drug-likeness (QED) is 0.841. The Morgan fingerprint density at radius 3 is 3.05 bits per heavy atom. The Labute approximate surface area is 113 Å². The van der Waals surface area contributed by atoms with Crippen LogP contribution in [-0.4, -0.2) is 38.7 Å². The molecule has 1 heterocycles. The van der Waals surface area contributed by atoms with Gasteiger partial charge in [-0.1, -0.05) is 12.1 Å². The number of nitrogens with zero attached hydrogens (tertiary/aromatic N) is 1. The van der Waals surface area contributed by atoms with Gasteiger partial charge >= 0.3 is 0 Å². The second-order valence-electron chi connectivity index (χ2n) is 4.63. The summed E-state index contributed by atoms with van der Waals surface area (Å²) in [6.07, 6.45) is 1.33. The van der Waals surface area contributed by atoms with Gasteiger partial charge in [-0.15, -0.1) is 0 Å². The van der Waals surface area contributed by atoms with Gasteiger partial charge in [0.2, 0.25) is 5.91 Å². The first kappa shape index (κ1) is 13.7. The van der Waals surface area contributed by atoms with E-state index in [4.69, 9.17) is 10.5 Å². The number of para-hydroxylation sites is 2. The maximum atomic E-state index is 11.6. The first-order valence-electron chi connectivity index (χ1n) is 6.65. The van der Waals surface area contributed by atoms with E-state index in [0.717, 1.165) is 24.4 Å². The number of amides is 1. The molecule has 3 N–H and O–H groups in total. The van der Waals surface area contributed by atoms with Crippen LogP contribution < -0.4 is 20.7 Å². The summed E-state index contributed by atoms with van der Waals surface area (Å²) < 4.78 is 5.72. The number of fused-ring (bicyclic) bond motifs is 1. The van der Waals surface area contributed by atoms with Crippen molar-refractivity contribution in [1.82, 2.24) is 5.32 Å². The number of nitrogens with two attached hydrogens (primary N) is 1. The predicted molar refractivity (Wildman–Crippen MR) is 75.4 cm³/mol. The van der Waals surface area contributed by atoms with Gasteiger partial charge in [-0.2, -0.15) is 0 Å². The SMILES string of the molecule is CNC(=O)CC(CN)N1CCCOc2ccccc21. The van der Waals surface area contributed by atoms with Crippen LogP contribution in [0, 0.1) is 0 Å². The van der Waals surface area contributed by atoms with Gasteiger partial charge in [0.25, 0.3) is 0 Å². The molecule has 104 valence electrons. The molecule has 0 saturated heterocycles. The average molecular weight is 263 g/mol. The van der Waals surface area contributed by atoms with Gasteiger partial charge in [-0.25, -0.2) is 0 Å². The molecule has 0 radical (unpaired) electrons. The standard InChI is InChI=1S/C14H21N3O2/c1-16-14(18)9-11(10-15)17-7-4-8-19-13-6-3-2-5-12(13)17/h2-3,5-6,11H,4,7-10,15H2,1H3,(H,16,18). The topological polar surface area (TPSA) is 67.6 Å². The Kier molecular flexibility index (Phi) is 4.63. The lowest BCUT2D eigenvalue weighted by molar-refractivity contribution is -0.120. The Hall–Kier alpha value is -1.75. The van der Waals surface area contributed by atoms with Crippen LogP contribution >= 0.6 is 0 Å². The summed E-state index contributed by atoms with van der Waals surface area (Å²) >= 11 is 0. The second-order valence-corrected chi connectivity index (χ2v) is 4.63. The van der Waals surface area contributed by atoms with E-state index in [1.54, 1.807) is 7.05 Å². The molecule has 1 aliphatic rings. The van der Waals surface area contributed by atoms with E-state index >= 15 is 0 Å². The zero-order chi connectivity index (χ0) is 13.7. The average Bonchev–Trinajstić information content (AvgIpc) is 2.67. The lowest BCUT2D eigenvalue weighted by Gasteiger charge is -2.31. The molecule has 0 bridgehead atoms. The molecule has 0 saturated carbocycles. The molecule has 1 aromatic rings. The third-order valence-corrected chi connectivity index (χ3v) is 3.39. The molecule has 1 aliphatic heterocycles. The Bertz CT molecular complexity index is 436. The van der Waals surface area contributed by atoms with Gasteiger partial charge < -0.3 is 20.7 Å². The first-order chi connectivity index (χ1) is 9.26. The molecule has 5 nitrogen and oxygen atoms in total. The lowest BCUT2D eigenvalue weighted by Crippen LogP contribution is -2.44. The highest BCUT2D eigenvalue weighted by molar-refractivity contribution is 5.77. The number of rotatable bonds is 4. The number of carbonyl (C=O) groups excluding carboxylic acids is 1. The number of benzene rings is 1. The van der Waals surface area contributed by atoms with Gasteiger partial charge in [-0.05, 0) is 18.6 Å². The molecule has 19 heavy (non-hydrogen) atoms. The molecule has 0 aromatic heterocycles. The number of carbonyl (C=O) groups is 1. The molecule has 1 atom stereocenters. The fraction of sp³-hybridized carbons (Fsp3) is 0.500. The highest BCUT2D eigenvalue weighted by Crippen LogP contribution is 2.32. The highest BCUT2D eigenvalue weighted by atomic mass is 16.5. The summed E-state index contributed by atoms with van der Waals surface area (Å²) in [6, 6.07) is 7.92. The minimum absolute atomic E-state index is 0.00259. The summed E-state index contributed by atoms with van der Waals surface area (Å²) in [7, 11) is 1.65. The lowest BCUT2D eigenvalue weighted by atomic mass is 10.1. The monoisotopic (exact) mass is 263 g/mol. The van der Waals surface area contributed by atoms with Crippen molar-refractivity contribution in [1.29, 1.82) is 0 Å². The molecule has 1 amide bonds. The van der Waals surface area contributed by atoms with E-state index in [1.807, 2.05) is 24.3 Å². The van der Waals surface area contributed by atoms with Crippen LogP contribution in [0.1, 0.15) is 12.8 Å². The molecule has 1 aromatic carbocycles. The molecule has 0 spiro atoms. The van der Waals surface area contributed by atoms with E-state index in [2.05, 4.69) is 10.2 Å². The number of hydrogen-bond acceptors (Lipinski definition) is 4. The summed E-state index contributed by atoms with van der Waals surface area (Å²) in [4.78, 5) is 13.8. The van der Waals surface area contributed by atoms with Crippen molar-refractivity contribution in [3.63, 3.8) is 0 Å². The number of anilines is 1. The maximum absolute atomic E-state index is 11.6. The minimum atomic E-state index is 0.00259. The van der Waals surface area contributed by atoms with Crippen molar-refractivity contribution in [3.05, 3.63) is 24.3 Å². The number of ether oxygens (including phenoxy) is 1. The van der Waals surface area contributed by atoms with Gasteiger partial charge in [0.1, 0.15) is 5.75 Å². The zero-order valence-electron chi connectivity index (χ0n) is 11.3. The molecule has 0 aliphatic carbocycles. The van der Waals surface area contributed by atoms with Crippen LogP contribution in [-0.2, 0) is 4.79 Å². The predicted octanol–water partition coefficient (Wildman–Crippen LogP) is 0.739. The van der Waals surface area contributed by atoms with Crippen LogP contribution in [0.4, 0.5) is 5.69 Å². The fourth-order valence-corrected chi connectivity index (χ4v) is 2.37. The Morgan fingerprint density at radius 2 is 2.32 bits per heavy atom. The van der Waals surface area contributed by atoms with E-state index < -0.39 is 0 Å². The summed E-state index contributed by atoms with van der Waals surface area (Å²) in [6.45, 7) is 2.00. The van der Waals surface area contributed by atoms with Crippen LogP contribution in [0.3, 0.4) is 0 Å².